The van der Waals surface area contributed by atoms with Crippen molar-refractivity contribution in [2.24, 2.45) is 0 Å². The van der Waals surface area contributed by atoms with Crippen molar-refractivity contribution in [2.45, 2.75) is 19.1 Å². The summed E-state index contributed by atoms with van der Waals surface area (Å²) in [6, 6.07) is 9.00. The first-order valence-electron chi connectivity index (χ1n) is 8.30. The molecule has 0 radical (unpaired) electrons. The molecule has 1 heterocycles. The predicted molar refractivity (Wildman–Crippen MR) is 98.1 cm³/mol. The van der Waals surface area contributed by atoms with E-state index in [1.54, 1.807) is 36.5 Å². The van der Waals surface area contributed by atoms with Gasteiger partial charge in [-0.05, 0) is 36.8 Å². The van der Waals surface area contributed by atoms with Crippen LogP contribution in [0.5, 0.6) is 0 Å². The highest BCUT2D eigenvalue weighted by atomic mass is 16.5. The third-order valence-electron chi connectivity index (χ3n) is 3.82. The number of aliphatic hydroxyl groups excluding tert-OH is 2. The number of anilines is 1. The highest BCUT2D eigenvalue weighted by Crippen LogP contribution is 2.20. The van der Waals surface area contributed by atoms with E-state index in [0.717, 1.165) is 11.1 Å². The lowest BCUT2D eigenvalue weighted by Gasteiger charge is -2.19. The Labute approximate surface area is 156 Å². The van der Waals surface area contributed by atoms with Crippen LogP contribution < -0.4 is 16.1 Å². The van der Waals surface area contributed by atoms with Gasteiger partial charge in [-0.1, -0.05) is 12.1 Å². The van der Waals surface area contributed by atoms with Crippen LogP contribution in [0.15, 0.2) is 42.6 Å². The third kappa shape index (κ3) is 5.48. The van der Waals surface area contributed by atoms with E-state index >= 15 is 0 Å². The summed E-state index contributed by atoms with van der Waals surface area (Å²) in [5.41, 5.74) is 3.39. The number of nitrogens with one attached hydrogen (secondary N) is 3. The predicted octanol–water partition coefficient (Wildman–Crippen LogP) is 0.137. The number of aliphatic hydroxyl groups is 2. The molecule has 27 heavy (non-hydrogen) atoms. The Kier molecular flexibility index (Phi) is 7.24. The van der Waals surface area contributed by atoms with Gasteiger partial charge in [0.15, 0.2) is 0 Å². The second kappa shape index (κ2) is 9.62. The Morgan fingerprint density at radius 2 is 1.78 bits per heavy atom. The lowest BCUT2D eigenvalue weighted by Crippen LogP contribution is -2.51. The second-order valence-corrected chi connectivity index (χ2v) is 5.83. The summed E-state index contributed by atoms with van der Waals surface area (Å²) in [7, 11) is 0. The molecule has 9 nitrogen and oxygen atoms in total. The van der Waals surface area contributed by atoms with Gasteiger partial charge < -0.3 is 20.8 Å². The van der Waals surface area contributed by atoms with Crippen molar-refractivity contribution in [1.29, 1.82) is 0 Å². The monoisotopic (exact) mass is 374 g/mol. The van der Waals surface area contributed by atoms with Crippen molar-refractivity contribution in [1.82, 2.24) is 15.8 Å². The standard InChI is InChI=1S/C18H22N4O5/c1-11(24)16(18(26)22-27)21-17(25)13-4-2-12(3-5-13)14-6-7-15(20-10-14)19-8-9-23/h2-7,10-11,16,23-24,27H,8-9H2,1H3,(H,19,20)(H,21,25)(H,22,26)/t11-,16+/m1/s1. The van der Waals surface area contributed by atoms with Gasteiger partial charge in [0, 0.05) is 23.9 Å². The van der Waals surface area contributed by atoms with Crippen molar-refractivity contribution < 1.29 is 25.0 Å². The van der Waals surface area contributed by atoms with Crippen LogP contribution in [0.2, 0.25) is 0 Å². The highest BCUT2D eigenvalue weighted by molar-refractivity contribution is 5.97. The highest BCUT2D eigenvalue weighted by Gasteiger charge is 2.25. The van der Waals surface area contributed by atoms with Crippen LogP contribution in [0.3, 0.4) is 0 Å². The molecule has 0 saturated heterocycles. The first-order chi connectivity index (χ1) is 13.0. The number of hydrogen-bond donors (Lipinski definition) is 6. The smallest absolute Gasteiger partial charge is 0.268 e. The molecule has 2 aromatic rings. The minimum atomic E-state index is -1.27. The first-order valence-corrected chi connectivity index (χ1v) is 8.30. The summed E-state index contributed by atoms with van der Waals surface area (Å²) in [6.45, 7) is 1.76. The van der Waals surface area contributed by atoms with Crippen LogP contribution in [0, 0.1) is 0 Å². The molecule has 9 heteroatoms. The molecule has 0 unspecified atom stereocenters. The average molecular weight is 374 g/mol. The molecule has 2 atom stereocenters. The summed E-state index contributed by atoms with van der Waals surface area (Å²) in [5, 5.41) is 32.4. The number of rotatable bonds is 8. The van der Waals surface area contributed by atoms with Crippen LogP contribution in [0.25, 0.3) is 11.1 Å². The maximum absolute atomic E-state index is 12.2. The number of amides is 2. The van der Waals surface area contributed by atoms with Crippen molar-refractivity contribution in [3.8, 4) is 11.1 Å². The van der Waals surface area contributed by atoms with E-state index in [9.17, 15) is 14.7 Å². The van der Waals surface area contributed by atoms with Crippen LogP contribution in [0.1, 0.15) is 17.3 Å². The van der Waals surface area contributed by atoms with Gasteiger partial charge >= 0.3 is 0 Å². The van der Waals surface area contributed by atoms with E-state index in [2.05, 4.69) is 15.6 Å². The Bertz CT molecular complexity index is 762. The Morgan fingerprint density at radius 3 is 2.30 bits per heavy atom. The van der Waals surface area contributed by atoms with Gasteiger partial charge in [0.1, 0.15) is 11.9 Å². The number of aromatic nitrogens is 1. The molecule has 2 amide bonds. The topological polar surface area (TPSA) is 144 Å². The van der Waals surface area contributed by atoms with E-state index in [-0.39, 0.29) is 6.61 Å². The normalized spacial score (nSPS) is 12.7. The maximum Gasteiger partial charge on any atom is 0.268 e. The molecule has 0 aliphatic rings. The molecule has 2 rings (SSSR count). The number of hydroxylamine groups is 1. The van der Waals surface area contributed by atoms with Crippen molar-refractivity contribution in [3.63, 3.8) is 0 Å². The zero-order chi connectivity index (χ0) is 19.8. The number of hydrogen-bond acceptors (Lipinski definition) is 7. The van der Waals surface area contributed by atoms with E-state index in [0.29, 0.717) is 17.9 Å². The summed E-state index contributed by atoms with van der Waals surface area (Å²) in [4.78, 5) is 28.0. The van der Waals surface area contributed by atoms with E-state index in [1.807, 2.05) is 6.07 Å². The minimum absolute atomic E-state index is 0.0167. The maximum atomic E-state index is 12.2. The summed E-state index contributed by atoms with van der Waals surface area (Å²) in [6.07, 6.45) is 0.494. The van der Waals surface area contributed by atoms with Crippen LogP contribution in [-0.2, 0) is 4.79 Å². The van der Waals surface area contributed by atoms with Gasteiger partial charge in [-0.2, -0.15) is 0 Å². The van der Waals surface area contributed by atoms with E-state index in [1.165, 1.54) is 12.4 Å². The molecule has 1 aromatic heterocycles. The number of benzene rings is 1. The van der Waals surface area contributed by atoms with Crippen molar-refractivity contribution >= 4 is 17.6 Å². The molecule has 0 fully saturated rings. The fourth-order valence-electron chi connectivity index (χ4n) is 2.37. The van der Waals surface area contributed by atoms with E-state index in [4.69, 9.17) is 10.3 Å². The van der Waals surface area contributed by atoms with Crippen LogP contribution >= 0.6 is 0 Å². The van der Waals surface area contributed by atoms with Gasteiger partial charge in [0.25, 0.3) is 11.8 Å². The molecule has 0 aliphatic carbocycles. The molecule has 0 saturated carbocycles. The molecule has 0 spiro atoms. The van der Waals surface area contributed by atoms with Crippen LogP contribution in [0.4, 0.5) is 5.82 Å². The fourth-order valence-corrected chi connectivity index (χ4v) is 2.37. The fraction of sp³-hybridized carbons (Fsp3) is 0.278. The summed E-state index contributed by atoms with van der Waals surface area (Å²) >= 11 is 0. The zero-order valence-electron chi connectivity index (χ0n) is 14.7. The second-order valence-electron chi connectivity index (χ2n) is 5.83. The van der Waals surface area contributed by atoms with E-state index < -0.39 is 24.0 Å². The van der Waals surface area contributed by atoms with Gasteiger partial charge in [-0.25, -0.2) is 10.5 Å². The molecule has 6 N–H and O–H groups in total. The lowest BCUT2D eigenvalue weighted by molar-refractivity contribution is -0.133. The Balaban J connectivity index is 2.07. The molecule has 1 aromatic carbocycles. The average Bonchev–Trinajstić information content (AvgIpc) is 2.70. The van der Waals surface area contributed by atoms with Gasteiger partial charge in [0.05, 0.1) is 12.7 Å². The lowest BCUT2D eigenvalue weighted by atomic mass is 10.0. The summed E-state index contributed by atoms with van der Waals surface area (Å²) < 4.78 is 0. The largest absolute Gasteiger partial charge is 0.395 e. The van der Waals surface area contributed by atoms with Gasteiger partial charge in [0.2, 0.25) is 0 Å². The summed E-state index contributed by atoms with van der Waals surface area (Å²) in [5.74, 6) is -0.816. The molecule has 144 valence electrons. The number of pyridine rings is 1. The zero-order valence-corrected chi connectivity index (χ0v) is 14.7. The number of carbonyl (C=O) groups excluding carboxylic acids is 2. The minimum Gasteiger partial charge on any atom is -0.395 e. The molecule has 0 aliphatic heterocycles. The van der Waals surface area contributed by atoms with Crippen molar-refractivity contribution in [3.05, 3.63) is 48.2 Å². The Hall–Kier alpha value is -3.01. The van der Waals surface area contributed by atoms with Crippen LogP contribution in [-0.4, -0.2) is 57.5 Å². The third-order valence-corrected chi connectivity index (χ3v) is 3.82. The molecule has 0 bridgehead atoms. The number of carbonyl (C=O) groups is 2. The quantitative estimate of drug-likeness (QED) is 0.285. The van der Waals surface area contributed by atoms with Gasteiger partial charge in [-0.15, -0.1) is 0 Å². The SMILES string of the molecule is C[C@@H](O)[C@H](NC(=O)c1ccc(-c2ccc(NCCO)nc2)cc1)C(=O)NO. The first kappa shape index (κ1) is 20.3. The molecular formula is C18H22N4O5. The van der Waals surface area contributed by atoms with Crippen molar-refractivity contribution in [2.75, 3.05) is 18.5 Å². The number of nitrogens with zero attached hydrogens (tertiary/aromatic N) is 1. The molecular weight excluding hydrogens is 352 g/mol. The Morgan fingerprint density at radius 1 is 1.11 bits per heavy atom. The van der Waals surface area contributed by atoms with Gasteiger partial charge in [-0.3, -0.25) is 14.8 Å².